The maximum Gasteiger partial charge on any atom is 0.241 e. The molecule has 1 fully saturated rings. The van der Waals surface area contributed by atoms with Crippen LogP contribution in [0.1, 0.15) is 30.0 Å². The molecule has 0 unspecified atom stereocenters. The summed E-state index contributed by atoms with van der Waals surface area (Å²) < 4.78 is 12.2. The van der Waals surface area contributed by atoms with Crippen molar-refractivity contribution in [3.8, 4) is 11.5 Å². The SMILES string of the molecule is COc1cc(CNC(=O)Cn2ccc([C@@H]3CCCNC3)n2)cc(OC)c1. The molecule has 0 radical (unpaired) electrons. The molecular formula is C19H26N4O3. The van der Waals surface area contributed by atoms with Crippen molar-refractivity contribution in [1.29, 1.82) is 0 Å². The Morgan fingerprint density at radius 1 is 1.31 bits per heavy atom. The molecule has 1 aromatic heterocycles. The second-order valence-electron chi connectivity index (χ2n) is 6.48. The van der Waals surface area contributed by atoms with E-state index in [1.54, 1.807) is 25.0 Å². The first kappa shape index (κ1) is 18.3. The molecule has 1 amide bonds. The average Bonchev–Trinajstić information content (AvgIpc) is 3.15. The molecule has 0 saturated carbocycles. The number of aromatic nitrogens is 2. The summed E-state index contributed by atoms with van der Waals surface area (Å²) in [7, 11) is 3.21. The number of hydrogen-bond donors (Lipinski definition) is 2. The molecule has 0 bridgehead atoms. The summed E-state index contributed by atoms with van der Waals surface area (Å²) in [5.74, 6) is 1.76. The van der Waals surface area contributed by atoms with Crippen LogP contribution in [0.25, 0.3) is 0 Å². The molecule has 1 aliphatic rings. The number of ether oxygens (including phenoxy) is 2. The van der Waals surface area contributed by atoms with Gasteiger partial charge in [0.1, 0.15) is 18.0 Å². The lowest BCUT2D eigenvalue weighted by Gasteiger charge is -2.20. The fourth-order valence-electron chi connectivity index (χ4n) is 3.16. The Morgan fingerprint density at radius 3 is 2.73 bits per heavy atom. The number of benzene rings is 1. The van der Waals surface area contributed by atoms with Gasteiger partial charge < -0.3 is 20.1 Å². The smallest absolute Gasteiger partial charge is 0.241 e. The topological polar surface area (TPSA) is 77.4 Å². The maximum absolute atomic E-state index is 12.2. The van der Waals surface area contributed by atoms with Crippen molar-refractivity contribution < 1.29 is 14.3 Å². The van der Waals surface area contributed by atoms with Gasteiger partial charge in [-0.25, -0.2) is 0 Å². The molecule has 26 heavy (non-hydrogen) atoms. The standard InChI is InChI=1S/C19H26N4O3/c1-25-16-8-14(9-17(10-16)26-2)11-21-19(24)13-23-7-5-18(22-23)15-4-3-6-20-12-15/h5,7-10,15,20H,3-4,6,11-13H2,1-2H3,(H,21,24)/t15-/m1/s1. The van der Waals surface area contributed by atoms with Crippen LogP contribution in [0.2, 0.25) is 0 Å². The van der Waals surface area contributed by atoms with Gasteiger partial charge in [-0.15, -0.1) is 0 Å². The van der Waals surface area contributed by atoms with Crippen LogP contribution in [-0.2, 0) is 17.9 Å². The Bertz CT molecular complexity index is 716. The van der Waals surface area contributed by atoms with Crippen LogP contribution in [0, 0.1) is 0 Å². The normalized spacial score (nSPS) is 16.9. The lowest BCUT2D eigenvalue weighted by molar-refractivity contribution is -0.122. The summed E-state index contributed by atoms with van der Waals surface area (Å²) in [6, 6.07) is 7.57. The maximum atomic E-state index is 12.2. The second-order valence-corrected chi connectivity index (χ2v) is 6.48. The molecule has 2 N–H and O–H groups in total. The van der Waals surface area contributed by atoms with Crippen LogP contribution in [0.3, 0.4) is 0 Å². The molecule has 1 aromatic carbocycles. The van der Waals surface area contributed by atoms with E-state index in [4.69, 9.17) is 9.47 Å². The summed E-state index contributed by atoms with van der Waals surface area (Å²) >= 11 is 0. The van der Waals surface area contributed by atoms with Crippen LogP contribution < -0.4 is 20.1 Å². The zero-order chi connectivity index (χ0) is 18.4. The van der Waals surface area contributed by atoms with E-state index in [1.807, 2.05) is 24.4 Å². The van der Waals surface area contributed by atoms with Gasteiger partial charge in [0.25, 0.3) is 0 Å². The highest BCUT2D eigenvalue weighted by atomic mass is 16.5. The minimum absolute atomic E-state index is 0.0804. The summed E-state index contributed by atoms with van der Waals surface area (Å²) in [4.78, 5) is 12.2. The average molecular weight is 358 g/mol. The van der Waals surface area contributed by atoms with E-state index in [9.17, 15) is 4.79 Å². The summed E-state index contributed by atoms with van der Waals surface area (Å²) in [6.07, 6.45) is 4.19. The van der Waals surface area contributed by atoms with E-state index >= 15 is 0 Å². The van der Waals surface area contributed by atoms with Crippen molar-refractivity contribution in [1.82, 2.24) is 20.4 Å². The van der Waals surface area contributed by atoms with Crippen molar-refractivity contribution in [3.05, 3.63) is 41.7 Å². The van der Waals surface area contributed by atoms with Gasteiger partial charge in [-0.05, 0) is 43.1 Å². The van der Waals surface area contributed by atoms with Crippen molar-refractivity contribution in [2.75, 3.05) is 27.3 Å². The highest BCUT2D eigenvalue weighted by molar-refractivity contribution is 5.75. The lowest BCUT2D eigenvalue weighted by Crippen LogP contribution is -2.29. The van der Waals surface area contributed by atoms with E-state index in [0.717, 1.165) is 30.8 Å². The number of rotatable bonds is 7. The largest absolute Gasteiger partial charge is 0.497 e. The van der Waals surface area contributed by atoms with Crippen LogP contribution in [0.5, 0.6) is 11.5 Å². The van der Waals surface area contributed by atoms with Crippen LogP contribution in [0.15, 0.2) is 30.5 Å². The number of piperidine rings is 1. The number of carbonyl (C=O) groups excluding carboxylic acids is 1. The van der Waals surface area contributed by atoms with Crippen LogP contribution >= 0.6 is 0 Å². The molecule has 0 spiro atoms. The molecule has 1 aliphatic heterocycles. The first-order chi connectivity index (χ1) is 12.7. The Balaban J connectivity index is 1.53. The molecule has 1 atom stereocenters. The highest BCUT2D eigenvalue weighted by Gasteiger charge is 2.17. The number of nitrogens with zero attached hydrogens (tertiary/aromatic N) is 2. The Kier molecular flexibility index (Phi) is 6.12. The monoisotopic (exact) mass is 358 g/mol. The number of hydrogen-bond acceptors (Lipinski definition) is 5. The Morgan fingerprint density at radius 2 is 2.08 bits per heavy atom. The van der Waals surface area contributed by atoms with Gasteiger partial charge in [0.15, 0.2) is 0 Å². The minimum atomic E-state index is -0.0804. The second kappa shape index (κ2) is 8.71. The summed E-state index contributed by atoms with van der Waals surface area (Å²) in [5.41, 5.74) is 1.98. The molecule has 3 rings (SSSR count). The fourth-order valence-corrected chi connectivity index (χ4v) is 3.16. The zero-order valence-corrected chi connectivity index (χ0v) is 15.3. The minimum Gasteiger partial charge on any atom is -0.497 e. The van der Waals surface area contributed by atoms with Crippen molar-refractivity contribution >= 4 is 5.91 Å². The first-order valence-corrected chi connectivity index (χ1v) is 8.90. The van der Waals surface area contributed by atoms with Crippen LogP contribution in [0.4, 0.5) is 0 Å². The first-order valence-electron chi connectivity index (χ1n) is 8.90. The van der Waals surface area contributed by atoms with Crippen molar-refractivity contribution in [2.45, 2.75) is 31.8 Å². The molecule has 2 heterocycles. The van der Waals surface area contributed by atoms with Gasteiger partial charge in [-0.2, -0.15) is 5.10 Å². The number of carbonyl (C=O) groups is 1. The van der Waals surface area contributed by atoms with Gasteiger partial charge in [-0.3, -0.25) is 9.48 Å². The van der Waals surface area contributed by atoms with E-state index in [0.29, 0.717) is 24.0 Å². The van der Waals surface area contributed by atoms with E-state index in [1.165, 1.54) is 6.42 Å². The van der Waals surface area contributed by atoms with Crippen molar-refractivity contribution in [3.63, 3.8) is 0 Å². The van der Waals surface area contributed by atoms with E-state index in [2.05, 4.69) is 15.7 Å². The third-order valence-corrected chi connectivity index (χ3v) is 4.58. The molecular weight excluding hydrogens is 332 g/mol. The lowest BCUT2D eigenvalue weighted by atomic mass is 9.97. The third-order valence-electron chi connectivity index (χ3n) is 4.58. The molecule has 0 aliphatic carbocycles. The van der Waals surface area contributed by atoms with E-state index < -0.39 is 0 Å². The number of nitrogens with one attached hydrogen (secondary N) is 2. The van der Waals surface area contributed by atoms with Gasteiger partial charge in [0.05, 0.1) is 19.9 Å². The predicted molar refractivity (Wildman–Crippen MR) is 98.5 cm³/mol. The summed E-state index contributed by atoms with van der Waals surface area (Å²) in [6.45, 7) is 2.66. The van der Waals surface area contributed by atoms with Crippen LogP contribution in [-0.4, -0.2) is 43.0 Å². The predicted octanol–water partition coefficient (Wildman–Crippen LogP) is 1.68. The number of amides is 1. The van der Waals surface area contributed by atoms with Gasteiger partial charge in [0, 0.05) is 31.3 Å². The Hall–Kier alpha value is -2.54. The van der Waals surface area contributed by atoms with Gasteiger partial charge in [0.2, 0.25) is 5.91 Å². The van der Waals surface area contributed by atoms with E-state index in [-0.39, 0.29) is 12.5 Å². The number of methoxy groups -OCH3 is 2. The Labute approximate surface area is 153 Å². The molecule has 1 saturated heterocycles. The fraction of sp³-hybridized carbons (Fsp3) is 0.474. The quantitative estimate of drug-likeness (QED) is 0.788. The zero-order valence-electron chi connectivity index (χ0n) is 15.3. The molecule has 7 nitrogen and oxygen atoms in total. The molecule has 7 heteroatoms. The van der Waals surface area contributed by atoms with Gasteiger partial charge >= 0.3 is 0 Å². The van der Waals surface area contributed by atoms with Crippen molar-refractivity contribution in [2.24, 2.45) is 0 Å². The molecule has 140 valence electrons. The highest BCUT2D eigenvalue weighted by Crippen LogP contribution is 2.22. The van der Waals surface area contributed by atoms with Gasteiger partial charge in [-0.1, -0.05) is 0 Å². The molecule has 2 aromatic rings. The summed E-state index contributed by atoms with van der Waals surface area (Å²) in [5, 5.41) is 10.9. The third kappa shape index (κ3) is 4.76.